The first-order chi connectivity index (χ1) is 6.34. The van der Waals surface area contributed by atoms with Crippen molar-refractivity contribution in [3.8, 4) is 0 Å². The van der Waals surface area contributed by atoms with E-state index in [2.05, 4.69) is 5.32 Å². The summed E-state index contributed by atoms with van der Waals surface area (Å²) in [5.41, 5.74) is 0. The van der Waals surface area contributed by atoms with Gasteiger partial charge in [-0.15, -0.1) is 0 Å². The Morgan fingerprint density at radius 1 is 1.31 bits per heavy atom. The summed E-state index contributed by atoms with van der Waals surface area (Å²) < 4.78 is 5.66. The molecular formula is C10H15NO2. The van der Waals surface area contributed by atoms with Crippen molar-refractivity contribution in [1.29, 1.82) is 0 Å². The zero-order chi connectivity index (χ0) is 8.84. The molecule has 0 aromatic heterocycles. The molecule has 1 saturated heterocycles. The normalized spacial score (nSPS) is 48.5. The number of fused-ring (bicyclic) bond motifs is 5. The maximum atomic E-state index is 11.1. The Balaban J connectivity index is 1.81. The van der Waals surface area contributed by atoms with Crippen LogP contribution in [0.25, 0.3) is 0 Å². The minimum atomic E-state index is 0.0637. The Morgan fingerprint density at radius 3 is 3.08 bits per heavy atom. The summed E-state index contributed by atoms with van der Waals surface area (Å²) in [6.07, 6.45) is 4.40. The van der Waals surface area contributed by atoms with Gasteiger partial charge in [0, 0.05) is 12.5 Å². The van der Waals surface area contributed by atoms with Gasteiger partial charge in [0.15, 0.2) is 0 Å². The van der Waals surface area contributed by atoms with Crippen molar-refractivity contribution in [2.75, 3.05) is 13.2 Å². The van der Waals surface area contributed by atoms with E-state index < -0.39 is 0 Å². The van der Waals surface area contributed by atoms with Gasteiger partial charge in [-0.2, -0.15) is 0 Å². The fraction of sp³-hybridized carbons (Fsp3) is 0.900. The predicted molar refractivity (Wildman–Crippen MR) is 47.1 cm³/mol. The Morgan fingerprint density at radius 2 is 2.15 bits per heavy atom. The van der Waals surface area contributed by atoms with Crippen LogP contribution in [0.4, 0.5) is 0 Å². The maximum absolute atomic E-state index is 11.1. The van der Waals surface area contributed by atoms with Crippen LogP contribution in [0.3, 0.4) is 0 Å². The van der Waals surface area contributed by atoms with Crippen molar-refractivity contribution in [3.63, 3.8) is 0 Å². The summed E-state index contributed by atoms with van der Waals surface area (Å²) in [6, 6.07) is 0. The molecule has 3 rings (SSSR count). The lowest BCUT2D eigenvalue weighted by atomic mass is 9.86. The first kappa shape index (κ1) is 7.80. The van der Waals surface area contributed by atoms with Crippen LogP contribution in [0.5, 0.6) is 0 Å². The first-order valence-electron chi connectivity index (χ1n) is 5.23. The largest absolute Gasteiger partial charge is 0.368 e. The van der Waals surface area contributed by atoms with Gasteiger partial charge in [-0.25, -0.2) is 0 Å². The molecule has 0 aromatic rings. The van der Waals surface area contributed by atoms with Gasteiger partial charge in [0.1, 0.15) is 6.61 Å². The van der Waals surface area contributed by atoms with E-state index in [0.29, 0.717) is 12.0 Å². The molecule has 2 bridgehead atoms. The fourth-order valence-corrected chi connectivity index (χ4v) is 3.35. The summed E-state index contributed by atoms with van der Waals surface area (Å²) in [5, 5.41) is 2.94. The highest BCUT2D eigenvalue weighted by atomic mass is 16.5. The van der Waals surface area contributed by atoms with Gasteiger partial charge in [-0.3, -0.25) is 4.79 Å². The SMILES string of the molecule is O=C1COC2C3CCC(C3)C2CN1. The number of ether oxygens (including phenoxy) is 1. The lowest BCUT2D eigenvalue weighted by Gasteiger charge is -2.28. The van der Waals surface area contributed by atoms with Crippen molar-refractivity contribution in [3.05, 3.63) is 0 Å². The van der Waals surface area contributed by atoms with E-state index in [0.717, 1.165) is 18.4 Å². The molecule has 0 aromatic carbocycles. The van der Waals surface area contributed by atoms with Crippen LogP contribution in [0, 0.1) is 17.8 Å². The van der Waals surface area contributed by atoms with Crippen molar-refractivity contribution in [2.24, 2.45) is 17.8 Å². The van der Waals surface area contributed by atoms with Crippen molar-refractivity contribution in [1.82, 2.24) is 5.32 Å². The molecule has 0 radical (unpaired) electrons. The van der Waals surface area contributed by atoms with E-state index in [-0.39, 0.29) is 12.5 Å². The van der Waals surface area contributed by atoms with E-state index >= 15 is 0 Å². The van der Waals surface area contributed by atoms with Crippen molar-refractivity contribution in [2.45, 2.75) is 25.4 Å². The molecule has 1 aliphatic heterocycles. The molecule has 1 amide bonds. The van der Waals surface area contributed by atoms with Gasteiger partial charge < -0.3 is 10.1 Å². The number of amides is 1. The van der Waals surface area contributed by atoms with E-state index in [4.69, 9.17) is 4.74 Å². The van der Waals surface area contributed by atoms with E-state index in [1.165, 1.54) is 19.3 Å². The van der Waals surface area contributed by atoms with E-state index in [9.17, 15) is 4.79 Å². The molecule has 4 atom stereocenters. The molecule has 3 nitrogen and oxygen atoms in total. The Kier molecular flexibility index (Phi) is 1.62. The van der Waals surface area contributed by atoms with Crippen molar-refractivity contribution >= 4 is 5.91 Å². The number of hydrogen-bond acceptors (Lipinski definition) is 2. The number of nitrogens with one attached hydrogen (secondary N) is 1. The molecule has 2 saturated carbocycles. The molecular weight excluding hydrogens is 166 g/mol. The molecule has 3 fully saturated rings. The summed E-state index contributed by atoms with van der Waals surface area (Å²) in [7, 11) is 0. The topological polar surface area (TPSA) is 38.3 Å². The Bertz CT molecular complexity index is 219. The average Bonchev–Trinajstić information content (AvgIpc) is 2.66. The van der Waals surface area contributed by atoms with Crippen LogP contribution in [0.2, 0.25) is 0 Å². The highest BCUT2D eigenvalue weighted by Crippen LogP contribution is 2.49. The fourth-order valence-electron chi connectivity index (χ4n) is 3.35. The molecule has 13 heavy (non-hydrogen) atoms. The summed E-state index contributed by atoms with van der Waals surface area (Å²) in [6.45, 7) is 1.13. The van der Waals surface area contributed by atoms with Crippen LogP contribution in [-0.4, -0.2) is 25.2 Å². The van der Waals surface area contributed by atoms with Crippen LogP contribution >= 0.6 is 0 Å². The van der Waals surface area contributed by atoms with Crippen LogP contribution in [0.15, 0.2) is 0 Å². The summed E-state index contributed by atoms with van der Waals surface area (Å²) in [4.78, 5) is 11.1. The highest BCUT2D eigenvalue weighted by Gasteiger charge is 2.49. The second kappa shape index (κ2) is 2.71. The smallest absolute Gasteiger partial charge is 0.246 e. The lowest BCUT2D eigenvalue weighted by Crippen LogP contribution is -2.34. The van der Waals surface area contributed by atoms with Crippen LogP contribution < -0.4 is 5.32 Å². The monoisotopic (exact) mass is 181 g/mol. The third-order valence-corrected chi connectivity index (χ3v) is 3.95. The van der Waals surface area contributed by atoms with Gasteiger partial charge in [0.25, 0.3) is 0 Å². The van der Waals surface area contributed by atoms with Gasteiger partial charge in [-0.1, -0.05) is 0 Å². The molecule has 0 spiro atoms. The zero-order valence-corrected chi connectivity index (χ0v) is 7.66. The zero-order valence-electron chi connectivity index (χ0n) is 7.66. The van der Waals surface area contributed by atoms with E-state index in [1.807, 2.05) is 0 Å². The predicted octanol–water partition coefficient (Wildman–Crippen LogP) is 0.547. The quantitative estimate of drug-likeness (QED) is 0.592. The van der Waals surface area contributed by atoms with Gasteiger partial charge in [0.05, 0.1) is 6.10 Å². The highest BCUT2D eigenvalue weighted by molar-refractivity contribution is 5.77. The maximum Gasteiger partial charge on any atom is 0.246 e. The molecule has 72 valence electrons. The molecule has 1 heterocycles. The van der Waals surface area contributed by atoms with Crippen molar-refractivity contribution < 1.29 is 9.53 Å². The number of hydrogen-bond donors (Lipinski definition) is 1. The Labute approximate surface area is 77.8 Å². The minimum absolute atomic E-state index is 0.0637. The van der Waals surface area contributed by atoms with Gasteiger partial charge >= 0.3 is 0 Å². The molecule has 3 heteroatoms. The number of carbonyl (C=O) groups is 1. The van der Waals surface area contributed by atoms with E-state index in [1.54, 1.807) is 0 Å². The summed E-state index contributed by atoms with van der Waals surface area (Å²) in [5.74, 6) is 2.26. The minimum Gasteiger partial charge on any atom is -0.368 e. The second-order valence-electron chi connectivity index (χ2n) is 4.58. The molecule has 3 aliphatic rings. The third-order valence-electron chi connectivity index (χ3n) is 3.95. The van der Waals surface area contributed by atoms with Crippen LogP contribution in [0.1, 0.15) is 19.3 Å². The van der Waals surface area contributed by atoms with Gasteiger partial charge in [-0.05, 0) is 31.1 Å². The lowest BCUT2D eigenvalue weighted by molar-refractivity contribution is -0.126. The average molecular weight is 181 g/mol. The summed E-state index contributed by atoms with van der Waals surface area (Å²) >= 11 is 0. The molecule has 1 N–H and O–H groups in total. The molecule has 2 aliphatic carbocycles. The standard InChI is InChI=1S/C10H15NO2/c12-9-5-13-10-7-2-1-6(3-7)8(10)4-11-9/h6-8,10H,1-5H2,(H,11,12). The first-order valence-corrected chi connectivity index (χ1v) is 5.23. The Hall–Kier alpha value is -0.570. The number of carbonyl (C=O) groups excluding carboxylic acids is 1. The van der Waals surface area contributed by atoms with Gasteiger partial charge in [0.2, 0.25) is 5.91 Å². The number of rotatable bonds is 0. The molecule has 4 unspecified atom stereocenters. The third kappa shape index (κ3) is 1.10. The second-order valence-corrected chi connectivity index (χ2v) is 4.58. The van der Waals surface area contributed by atoms with Crippen LogP contribution in [-0.2, 0) is 9.53 Å².